The zero-order chi connectivity index (χ0) is 17.1. The molecular formula is C17H25ClN6O. The lowest BCUT2D eigenvalue weighted by atomic mass is 9.92. The first kappa shape index (κ1) is 19.3. The van der Waals surface area contributed by atoms with Crippen LogP contribution in [-0.4, -0.2) is 50.1 Å². The van der Waals surface area contributed by atoms with Gasteiger partial charge in [0.2, 0.25) is 11.7 Å². The minimum atomic E-state index is 0. The molecule has 7 nitrogen and oxygen atoms in total. The van der Waals surface area contributed by atoms with E-state index < -0.39 is 0 Å². The number of nitrogens with two attached hydrogens (primary N) is 1. The van der Waals surface area contributed by atoms with Crippen molar-refractivity contribution in [3.05, 3.63) is 29.8 Å². The van der Waals surface area contributed by atoms with Gasteiger partial charge in [-0.15, -0.1) is 22.6 Å². The Bertz CT molecular complexity index is 701. The second-order valence-corrected chi connectivity index (χ2v) is 6.62. The Balaban J connectivity index is 0.00000225. The van der Waals surface area contributed by atoms with Gasteiger partial charge in [-0.25, -0.2) is 0 Å². The molecule has 2 atom stereocenters. The van der Waals surface area contributed by atoms with E-state index in [0.29, 0.717) is 18.3 Å². The lowest BCUT2D eigenvalue weighted by molar-refractivity contribution is -0.136. The summed E-state index contributed by atoms with van der Waals surface area (Å²) in [6.45, 7) is 5.58. The van der Waals surface area contributed by atoms with Crippen LogP contribution in [0.2, 0.25) is 0 Å². The average molecular weight is 365 g/mol. The zero-order valence-electron chi connectivity index (χ0n) is 14.6. The number of nitrogens with zero attached hydrogens (tertiary/aromatic N) is 5. The minimum absolute atomic E-state index is 0. The van der Waals surface area contributed by atoms with Crippen LogP contribution in [0.3, 0.4) is 0 Å². The van der Waals surface area contributed by atoms with E-state index in [1.165, 1.54) is 10.4 Å². The maximum atomic E-state index is 12.6. The number of tetrazole rings is 1. The minimum Gasteiger partial charge on any atom is -0.337 e. The molecule has 0 spiro atoms. The van der Waals surface area contributed by atoms with E-state index in [1.54, 1.807) is 0 Å². The first-order valence-electron chi connectivity index (χ1n) is 8.41. The van der Waals surface area contributed by atoms with Crippen molar-refractivity contribution in [2.75, 3.05) is 13.1 Å². The number of hydrogen-bond acceptors (Lipinski definition) is 5. The number of carbonyl (C=O) groups is 1. The van der Waals surface area contributed by atoms with Crippen molar-refractivity contribution in [2.24, 2.45) is 11.7 Å². The van der Waals surface area contributed by atoms with Gasteiger partial charge in [-0.2, -0.15) is 4.80 Å². The highest BCUT2D eigenvalue weighted by atomic mass is 35.5. The highest BCUT2D eigenvalue weighted by Gasteiger charge is 2.29. The van der Waals surface area contributed by atoms with Gasteiger partial charge in [0.15, 0.2) is 0 Å². The van der Waals surface area contributed by atoms with Gasteiger partial charge in [-0.3, -0.25) is 4.79 Å². The summed E-state index contributed by atoms with van der Waals surface area (Å²) in [7, 11) is 0. The lowest BCUT2D eigenvalue weighted by Gasteiger charge is -2.37. The van der Waals surface area contributed by atoms with Crippen LogP contribution in [0.15, 0.2) is 24.3 Å². The van der Waals surface area contributed by atoms with Crippen LogP contribution in [0.1, 0.15) is 25.3 Å². The van der Waals surface area contributed by atoms with Crippen LogP contribution in [0.5, 0.6) is 0 Å². The van der Waals surface area contributed by atoms with E-state index in [0.717, 1.165) is 24.9 Å². The fourth-order valence-electron chi connectivity index (χ4n) is 3.14. The Morgan fingerprint density at radius 1 is 1.32 bits per heavy atom. The van der Waals surface area contributed by atoms with Crippen LogP contribution in [0.25, 0.3) is 11.4 Å². The van der Waals surface area contributed by atoms with Gasteiger partial charge in [-0.1, -0.05) is 36.8 Å². The SMILES string of the molecule is Cc1ccc(-c2nnn(CC(=O)N3CCC(C)CC3CN)n2)cc1.Cl. The fraction of sp³-hybridized carbons (Fsp3) is 0.529. The molecule has 1 amide bonds. The summed E-state index contributed by atoms with van der Waals surface area (Å²) >= 11 is 0. The lowest BCUT2D eigenvalue weighted by Crippen LogP contribution is -2.50. The standard InChI is InChI=1S/C17H24N6O.ClH/c1-12-3-5-14(6-4-12)17-19-21-23(20-17)11-16(24)22-8-7-13(2)9-15(22)10-18;/h3-6,13,15H,7-11,18H2,1-2H3;1H. The van der Waals surface area contributed by atoms with Gasteiger partial charge in [0.05, 0.1) is 0 Å². The molecule has 2 unspecified atom stereocenters. The largest absolute Gasteiger partial charge is 0.337 e. The molecule has 8 heteroatoms. The molecule has 3 rings (SSSR count). The summed E-state index contributed by atoms with van der Waals surface area (Å²) < 4.78 is 0. The molecule has 1 fully saturated rings. The van der Waals surface area contributed by atoms with E-state index in [9.17, 15) is 4.79 Å². The van der Waals surface area contributed by atoms with Crippen LogP contribution in [0, 0.1) is 12.8 Å². The maximum Gasteiger partial charge on any atom is 0.246 e. The smallest absolute Gasteiger partial charge is 0.246 e. The molecule has 1 saturated heterocycles. The van der Waals surface area contributed by atoms with Crippen LogP contribution in [-0.2, 0) is 11.3 Å². The van der Waals surface area contributed by atoms with Gasteiger partial charge < -0.3 is 10.6 Å². The van der Waals surface area contributed by atoms with Gasteiger partial charge in [0, 0.05) is 24.7 Å². The number of amides is 1. The van der Waals surface area contributed by atoms with E-state index in [-0.39, 0.29) is 30.9 Å². The molecule has 2 heterocycles. The third-order valence-electron chi connectivity index (χ3n) is 4.61. The van der Waals surface area contributed by atoms with Crippen molar-refractivity contribution in [1.29, 1.82) is 0 Å². The first-order valence-corrected chi connectivity index (χ1v) is 8.41. The number of piperidine rings is 1. The average Bonchev–Trinajstić information content (AvgIpc) is 3.03. The van der Waals surface area contributed by atoms with Crippen LogP contribution in [0.4, 0.5) is 0 Å². The topological polar surface area (TPSA) is 89.9 Å². The third kappa shape index (κ3) is 4.55. The number of likely N-dealkylation sites (tertiary alicyclic amines) is 1. The molecule has 1 aromatic heterocycles. The first-order chi connectivity index (χ1) is 11.6. The molecule has 25 heavy (non-hydrogen) atoms. The second-order valence-electron chi connectivity index (χ2n) is 6.62. The molecular weight excluding hydrogens is 340 g/mol. The van der Waals surface area contributed by atoms with Crippen LogP contribution >= 0.6 is 12.4 Å². The molecule has 136 valence electrons. The monoisotopic (exact) mass is 364 g/mol. The molecule has 2 N–H and O–H groups in total. The normalized spacial score (nSPS) is 20.2. The Hall–Kier alpha value is -1.99. The van der Waals surface area contributed by atoms with E-state index in [4.69, 9.17) is 5.73 Å². The van der Waals surface area contributed by atoms with E-state index in [2.05, 4.69) is 22.3 Å². The van der Waals surface area contributed by atoms with Gasteiger partial charge >= 0.3 is 0 Å². The number of rotatable bonds is 4. The summed E-state index contributed by atoms with van der Waals surface area (Å²) in [5.74, 6) is 1.15. The number of carbonyl (C=O) groups excluding carboxylic acids is 1. The molecule has 0 aliphatic carbocycles. The number of hydrogen-bond donors (Lipinski definition) is 1. The van der Waals surface area contributed by atoms with Gasteiger partial charge in [0.1, 0.15) is 6.54 Å². The highest BCUT2D eigenvalue weighted by molar-refractivity contribution is 5.85. The van der Waals surface area contributed by atoms with Crippen molar-refractivity contribution >= 4 is 18.3 Å². The summed E-state index contributed by atoms with van der Waals surface area (Å²) in [5.41, 5.74) is 7.90. The van der Waals surface area contributed by atoms with Gasteiger partial charge in [-0.05, 0) is 30.9 Å². The zero-order valence-corrected chi connectivity index (χ0v) is 15.4. The highest BCUT2D eigenvalue weighted by Crippen LogP contribution is 2.22. The van der Waals surface area contributed by atoms with Crippen molar-refractivity contribution in [2.45, 2.75) is 39.3 Å². The molecule has 1 aliphatic rings. The van der Waals surface area contributed by atoms with Crippen molar-refractivity contribution in [3.63, 3.8) is 0 Å². The van der Waals surface area contributed by atoms with E-state index >= 15 is 0 Å². The molecule has 1 aliphatic heterocycles. The third-order valence-corrected chi connectivity index (χ3v) is 4.61. The molecule has 0 radical (unpaired) electrons. The molecule has 0 bridgehead atoms. The summed E-state index contributed by atoms with van der Waals surface area (Å²) in [4.78, 5) is 15.8. The fourth-order valence-corrected chi connectivity index (χ4v) is 3.14. The predicted molar refractivity (Wildman–Crippen MR) is 98.2 cm³/mol. The van der Waals surface area contributed by atoms with Crippen molar-refractivity contribution < 1.29 is 4.79 Å². The molecule has 1 aromatic carbocycles. The summed E-state index contributed by atoms with van der Waals surface area (Å²) in [6.07, 6.45) is 1.98. The number of aryl methyl sites for hydroxylation is 1. The van der Waals surface area contributed by atoms with Gasteiger partial charge in [0.25, 0.3) is 0 Å². The van der Waals surface area contributed by atoms with Crippen molar-refractivity contribution in [1.82, 2.24) is 25.1 Å². The molecule has 0 saturated carbocycles. The quantitative estimate of drug-likeness (QED) is 0.890. The Kier molecular flexibility index (Phi) is 6.50. The maximum absolute atomic E-state index is 12.6. The van der Waals surface area contributed by atoms with Crippen molar-refractivity contribution in [3.8, 4) is 11.4 Å². The predicted octanol–water partition coefficient (Wildman–Crippen LogP) is 1.66. The Morgan fingerprint density at radius 2 is 2.04 bits per heavy atom. The Morgan fingerprint density at radius 3 is 2.72 bits per heavy atom. The number of halogens is 1. The van der Waals surface area contributed by atoms with E-state index in [1.807, 2.05) is 36.1 Å². The number of benzene rings is 1. The summed E-state index contributed by atoms with van der Waals surface area (Å²) in [6, 6.07) is 8.02. The molecule has 2 aromatic rings. The number of aromatic nitrogens is 4. The van der Waals surface area contributed by atoms with Crippen LogP contribution < -0.4 is 5.73 Å². The second kappa shape index (κ2) is 8.40. The Labute approximate surface area is 154 Å². The summed E-state index contributed by atoms with van der Waals surface area (Å²) in [5, 5.41) is 12.4.